The second-order valence-electron chi connectivity index (χ2n) is 5.68. The molecule has 0 atom stereocenters. The number of carbonyl (C=O) groups excluding carboxylic acids is 1. The Morgan fingerprint density at radius 1 is 1.00 bits per heavy atom. The maximum atomic E-state index is 12.2. The van der Waals surface area contributed by atoms with Gasteiger partial charge in [-0.15, -0.1) is 0 Å². The van der Waals surface area contributed by atoms with Gasteiger partial charge in [0.25, 0.3) is 0 Å². The molecule has 3 nitrogen and oxygen atoms in total. The number of fused-ring (bicyclic) bond motifs is 1. The Kier molecular flexibility index (Phi) is 3.78. The zero-order chi connectivity index (χ0) is 16.6. The number of esters is 1. The van der Waals surface area contributed by atoms with Gasteiger partial charge in [0.2, 0.25) is 0 Å². The van der Waals surface area contributed by atoms with Gasteiger partial charge >= 0.3 is 5.97 Å². The Balaban J connectivity index is 2.46. The topological polar surface area (TPSA) is 46.5 Å². The lowest BCUT2D eigenvalue weighted by atomic mass is 9.89. The van der Waals surface area contributed by atoms with Crippen molar-refractivity contribution in [1.82, 2.24) is 0 Å². The third-order valence-corrected chi connectivity index (χ3v) is 4.04. The quantitative estimate of drug-likeness (QED) is 0.703. The van der Waals surface area contributed by atoms with Gasteiger partial charge in [-0.05, 0) is 47.9 Å². The summed E-state index contributed by atoms with van der Waals surface area (Å²) in [6.07, 6.45) is 0. The molecule has 3 heteroatoms. The highest BCUT2D eigenvalue weighted by Crippen LogP contribution is 2.40. The van der Waals surface area contributed by atoms with Crippen molar-refractivity contribution < 1.29 is 14.6 Å². The molecule has 1 N–H and O–H groups in total. The Bertz CT molecular complexity index is 887. The fraction of sp³-hybridized carbons (Fsp3) is 0.150. The first-order valence-corrected chi connectivity index (χ1v) is 7.43. The number of aromatic hydroxyl groups is 1. The molecule has 0 bridgehead atoms. The number of aryl methyl sites for hydroxylation is 2. The largest absolute Gasteiger partial charge is 0.507 e. The summed E-state index contributed by atoms with van der Waals surface area (Å²) in [4.78, 5) is 12.2. The number of phenolic OH excluding ortho intramolecular Hbond substituents is 1. The van der Waals surface area contributed by atoms with Crippen LogP contribution in [-0.4, -0.2) is 18.2 Å². The van der Waals surface area contributed by atoms with Crippen LogP contribution >= 0.6 is 0 Å². The smallest absolute Gasteiger partial charge is 0.338 e. The standard InChI is InChI=1S/C20H18O3/c1-12-10-13(2)18(17(21)11-12)19-15-7-5-4-6-14(15)8-9-16(19)20(22)23-3/h4-11,21H,1-3H3. The van der Waals surface area contributed by atoms with Gasteiger partial charge in [-0.25, -0.2) is 4.79 Å². The maximum Gasteiger partial charge on any atom is 0.338 e. The predicted molar refractivity (Wildman–Crippen MR) is 91.9 cm³/mol. The average Bonchev–Trinajstić information content (AvgIpc) is 2.53. The van der Waals surface area contributed by atoms with Crippen molar-refractivity contribution in [3.05, 3.63) is 65.2 Å². The number of benzene rings is 3. The Labute approximate surface area is 135 Å². The van der Waals surface area contributed by atoms with Gasteiger partial charge in [0.05, 0.1) is 12.7 Å². The summed E-state index contributed by atoms with van der Waals surface area (Å²) in [5, 5.41) is 12.4. The summed E-state index contributed by atoms with van der Waals surface area (Å²) in [6.45, 7) is 3.87. The van der Waals surface area contributed by atoms with Crippen LogP contribution in [0.2, 0.25) is 0 Å². The van der Waals surface area contributed by atoms with Crippen LogP contribution in [0.25, 0.3) is 21.9 Å². The highest BCUT2D eigenvalue weighted by atomic mass is 16.5. The molecule has 0 amide bonds. The Morgan fingerprint density at radius 3 is 2.43 bits per heavy atom. The normalized spacial score (nSPS) is 10.7. The summed E-state index contributed by atoms with van der Waals surface area (Å²) < 4.78 is 4.93. The summed E-state index contributed by atoms with van der Waals surface area (Å²) in [5.74, 6) is -0.242. The zero-order valence-corrected chi connectivity index (χ0v) is 13.4. The van der Waals surface area contributed by atoms with Crippen molar-refractivity contribution in [2.45, 2.75) is 13.8 Å². The van der Waals surface area contributed by atoms with Crippen LogP contribution < -0.4 is 0 Å². The first-order valence-electron chi connectivity index (χ1n) is 7.43. The van der Waals surface area contributed by atoms with E-state index in [0.717, 1.165) is 21.9 Å². The molecule has 116 valence electrons. The molecular formula is C20H18O3. The average molecular weight is 306 g/mol. The molecule has 0 aliphatic rings. The minimum Gasteiger partial charge on any atom is -0.507 e. The van der Waals surface area contributed by atoms with E-state index in [1.807, 2.05) is 50.2 Å². The molecule has 23 heavy (non-hydrogen) atoms. The van der Waals surface area contributed by atoms with Crippen LogP contribution in [0.1, 0.15) is 21.5 Å². The first-order chi connectivity index (χ1) is 11.0. The number of rotatable bonds is 2. The van der Waals surface area contributed by atoms with Crippen LogP contribution in [0.4, 0.5) is 0 Å². The predicted octanol–water partition coefficient (Wildman–Crippen LogP) is 4.62. The SMILES string of the molecule is COC(=O)c1ccc2ccccc2c1-c1c(C)cc(C)cc1O. The van der Waals surface area contributed by atoms with Gasteiger partial charge < -0.3 is 9.84 Å². The summed E-state index contributed by atoms with van der Waals surface area (Å²) in [7, 11) is 1.36. The van der Waals surface area contributed by atoms with E-state index in [-0.39, 0.29) is 5.75 Å². The van der Waals surface area contributed by atoms with Gasteiger partial charge in [0.1, 0.15) is 5.75 Å². The van der Waals surface area contributed by atoms with E-state index in [0.29, 0.717) is 16.7 Å². The van der Waals surface area contributed by atoms with Crippen LogP contribution in [0.15, 0.2) is 48.5 Å². The third-order valence-electron chi connectivity index (χ3n) is 4.04. The van der Waals surface area contributed by atoms with E-state index in [2.05, 4.69) is 0 Å². The minimum atomic E-state index is -0.412. The highest BCUT2D eigenvalue weighted by Gasteiger charge is 2.20. The molecule has 0 heterocycles. The Hall–Kier alpha value is -2.81. The van der Waals surface area contributed by atoms with E-state index < -0.39 is 5.97 Å². The third kappa shape index (κ3) is 2.55. The van der Waals surface area contributed by atoms with E-state index in [1.54, 1.807) is 12.1 Å². The van der Waals surface area contributed by atoms with Crippen LogP contribution in [0, 0.1) is 13.8 Å². The van der Waals surface area contributed by atoms with E-state index in [9.17, 15) is 9.90 Å². The van der Waals surface area contributed by atoms with E-state index in [1.165, 1.54) is 7.11 Å². The van der Waals surface area contributed by atoms with Gasteiger partial charge in [-0.2, -0.15) is 0 Å². The fourth-order valence-electron chi connectivity index (χ4n) is 3.09. The number of methoxy groups -OCH3 is 1. The molecule has 0 fully saturated rings. The second kappa shape index (κ2) is 5.76. The summed E-state index contributed by atoms with van der Waals surface area (Å²) in [6, 6.07) is 15.2. The minimum absolute atomic E-state index is 0.170. The molecule has 0 aliphatic heterocycles. The van der Waals surface area contributed by atoms with E-state index in [4.69, 9.17) is 4.74 Å². The molecule has 0 spiro atoms. The number of phenols is 1. The van der Waals surface area contributed by atoms with Crippen molar-refractivity contribution in [1.29, 1.82) is 0 Å². The lowest BCUT2D eigenvalue weighted by molar-refractivity contribution is 0.0602. The molecule has 3 aromatic rings. The highest BCUT2D eigenvalue weighted by molar-refractivity contribution is 6.09. The molecule has 0 saturated carbocycles. The molecule has 0 saturated heterocycles. The monoisotopic (exact) mass is 306 g/mol. The van der Waals surface area contributed by atoms with Gasteiger partial charge in [0.15, 0.2) is 0 Å². The lowest BCUT2D eigenvalue weighted by Crippen LogP contribution is -2.05. The fourth-order valence-corrected chi connectivity index (χ4v) is 3.09. The number of ether oxygens (including phenoxy) is 1. The summed E-state index contributed by atoms with van der Waals surface area (Å²) >= 11 is 0. The summed E-state index contributed by atoms with van der Waals surface area (Å²) in [5.41, 5.74) is 3.74. The first kappa shape index (κ1) is 15.1. The van der Waals surface area contributed by atoms with Crippen LogP contribution in [0.5, 0.6) is 5.75 Å². The van der Waals surface area contributed by atoms with Crippen molar-refractivity contribution in [2.75, 3.05) is 7.11 Å². The van der Waals surface area contributed by atoms with Crippen molar-refractivity contribution in [3.8, 4) is 16.9 Å². The molecule has 0 unspecified atom stereocenters. The number of hydrogen-bond acceptors (Lipinski definition) is 3. The molecule has 0 radical (unpaired) electrons. The molecule has 0 aliphatic carbocycles. The van der Waals surface area contributed by atoms with Crippen LogP contribution in [0.3, 0.4) is 0 Å². The molecule has 0 aromatic heterocycles. The zero-order valence-electron chi connectivity index (χ0n) is 13.4. The van der Waals surface area contributed by atoms with Crippen molar-refractivity contribution in [2.24, 2.45) is 0 Å². The van der Waals surface area contributed by atoms with Crippen molar-refractivity contribution >= 4 is 16.7 Å². The maximum absolute atomic E-state index is 12.2. The molecule has 3 aromatic carbocycles. The Morgan fingerprint density at radius 2 is 1.74 bits per heavy atom. The van der Waals surface area contributed by atoms with Gasteiger partial charge in [-0.3, -0.25) is 0 Å². The van der Waals surface area contributed by atoms with Crippen molar-refractivity contribution in [3.63, 3.8) is 0 Å². The molecule has 3 rings (SSSR count). The number of carbonyl (C=O) groups is 1. The number of hydrogen-bond donors (Lipinski definition) is 1. The van der Waals surface area contributed by atoms with Crippen LogP contribution in [-0.2, 0) is 4.74 Å². The van der Waals surface area contributed by atoms with Gasteiger partial charge in [-0.1, -0.05) is 36.4 Å². The van der Waals surface area contributed by atoms with Gasteiger partial charge in [0, 0.05) is 11.1 Å². The second-order valence-corrected chi connectivity index (χ2v) is 5.68. The lowest BCUT2D eigenvalue weighted by Gasteiger charge is -2.16. The van der Waals surface area contributed by atoms with E-state index >= 15 is 0 Å². The molecular weight excluding hydrogens is 288 g/mol.